The molecule has 1 radical (unpaired) electrons. The van der Waals surface area contributed by atoms with Crippen molar-refractivity contribution in [2.45, 2.75) is 0 Å². The first-order valence-electron chi connectivity index (χ1n) is 2.60. The molecule has 0 unspecified atom stereocenters. The molecule has 0 fully saturated rings. The fourth-order valence-electron chi connectivity index (χ4n) is 0.554. The summed E-state index contributed by atoms with van der Waals surface area (Å²) in [5, 5.41) is -0.282. The topological polar surface area (TPSA) is 63.2 Å². The summed E-state index contributed by atoms with van der Waals surface area (Å²) in [5.74, 6) is 0. The predicted molar refractivity (Wildman–Crippen MR) is 32.5 cm³/mol. The summed E-state index contributed by atoms with van der Waals surface area (Å²) in [4.78, 5) is 20.5. The maximum atomic E-state index is 10.3. The van der Waals surface area contributed by atoms with Gasteiger partial charge in [-0.2, -0.15) is 30.3 Å². The molecule has 0 saturated carbocycles. The Morgan fingerprint density at radius 3 is 2.27 bits per heavy atom. The van der Waals surface area contributed by atoms with Crippen molar-refractivity contribution >= 4 is 12.9 Å². The molecule has 59 valence electrons. The molecule has 0 spiro atoms. The third-order valence-corrected chi connectivity index (χ3v) is 1.86. The Labute approximate surface area is 75.1 Å². The minimum Gasteiger partial charge on any atom is -0.809 e. The summed E-state index contributed by atoms with van der Waals surface area (Å²) in [6.07, 6.45) is 0. The zero-order valence-electron chi connectivity index (χ0n) is 5.33. The second-order valence-corrected chi connectivity index (χ2v) is 3.22. The van der Waals surface area contributed by atoms with Gasteiger partial charge >= 0.3 is 17.1 Å². The molecule has 0 atom stereocenters. The van der Waals surface area contributed by atoms with Crippen molar-refractivity contribution < 1.29 is 31.4 Å². The van der Waals surface area contributed by atoms with Gasteiger partial charge in [-0.1, -0.05) is 7.60 Å². The van der Waals surface area contributed by atoms with Crippen molar-refractivity contribution in [3.05, 3.63) is 30.3 Å². The van der Waals surface area contributed by atoms with E-state index in [0.29, 0.717) is 0 Å². The smallest absolute Gasteiger partial charge is 0.809 e. The number of hydrogen-bond acceptors (Lipinski definition) is 3. The Morgan fingerprint density at radius 2 is 2.00 bits per heavy atom. The molecule has 0 bridgehead atoms. The number of rotatable bonds is 1. The molecule has 1 rings (SSSR count). The van der Waals surface area contributed by atoms with Crippen molar-refractivity contribution in [2.24, 2.45) is 0 Å². The molecular weight excluding hydrogens is 207 g/mol. The summed E-state index contributed by atoms with van der Waals surface area (Å²) >= 11 is 0. The Morgan fingerprint density at radius 1 is 1.36 bits per heavy atom. The SMILES string of the molecule is O=P([O-])([O-])c1[c-]cccc1.[Fe+3]. The number of hydrogen-bond donors (Lipinski definition) is 0. The van der Waals surface area contributed by atoms with Crippen LogP contribution >= 0.6 is 7.60 Å². The Kier molecular flexibility index (Phi) is 4.01. The predicted octanol–water partition coefficient (Wildman–Crippen LogP) is -0.977. The van der Waals surface area contributed by atoms with Gasteiger partial charge in [0.25, 0.3) is 0 Å². The molecular formula is C6H4FeO3P. The standard InChI is InChI=1S/C6H6O3P.Fe/c7-10(8,9)6-4-2-1-3-5-6;/h1-4H,(H2,7,8,9);/q-1;+3/p-2. The second-order valence-electron chi connectivity index (χ2n) is 1.75. The zero-order valence-corrected chi connectivity index (χ0v) is 7.33. The average molecular weight is 211 g/mol. The Hall–Kier alpha value is -0.111. The van der Waals surface area contributed by atoms with Crippen molar-refractivity contribution in [3.63, 3.8) is 0 Å². The van der Waals surface area contributed by atoms with Gasteiger partial charge in [0.05, 0.1) is 0 Å². The Bertz CT molecular complexity index is 256. The first-order valence-corrected chi connectivity index (χ1v) is 4.14. The van der Waals surface area contributed by atoms with Gasteiger partial charge in [0.15, 0.2) is 0 Å². The van der Waals surface area contributed by atoms with E-state index in [2.05, 4.69) is 6.07 Å². The van der Waals surface area contributed by atoms with Crippen LogP contribution in [0.2, 0.25) is 0 Å². The van der Waals surface area contributed by atoms with Crippen LogP contribution in [0.4, 0.5) is 0 Å². The van der Waals surface area contributed by atoms with E-state index in [1.165, 1.54) is 18.2 Å². The van der Waals surface area contributed by atoms with Gasteiger partial charge in [0.1, 0.15) is 0 Å². The van der Waals surface area contributed by atoms with E-state index < -0.39 is 7.60 Å². The minimum absolute atomic E-state index is 0. The zero-order chi connectivity index (χ0) is 7.61. The van der Waals surface area contributed by atoms with Crippen LogP contribution in [-0.4, -0.2) is 0 Å². The molecule has 0 aliphatic heterocycles. The molecule has 1 aromatic rings. The van der Waals surface area contributed by atoms with E-state index in [4.69, 9.17) is 0 Å². The second kappa shape index (κ2) is 4.05. The van der Waals surface area contributed by atoms with Crippen molar-refractivity contribution in [2.75, 3.05) is 0 Å². The van der Waals surface area contributed by atoms with Gasteiger partial charge in [-0.3, -0.25) is 0 Å². The normalized spacial score (nSPS) is 10.4. The van der Waals surface area contributed by atoms with Gasteiger partial charge in [-0.05, 0) is 0 Å². The molecule has 0 aliphatic carbocycles. The van der Waals surface area contributed by atoms with E-state index in [1.807, 2.05) is 0 Å². The van der Waals surface area contributed by atoms with Gasteiger partial charge in [-0.15, -0.1) is 5.30 Å². The van der Waals surface area contributed by atoms with Crippen LogP contribution in [-0.2, 0) is 21.6 Å². The quantitative estimate of drug-likeness (QED) is 0.340. The largest absolute Gasteiger partial charge is 3.00 e. The summed E-state index contributed by atoms with van der Waals surface area (Å²) in [6.45, 7) is 0. The van der Waals surface area contributed by atoms with E-state index in [1.54, 1.807) is 6.07 Å². The maximum Gasteiger partial charge on any atom is 3.00 e. The summed E-state index contributed by atoms with van der Waals surface area (Å²) in [5.41, 5.74) is 0. The molecule has 3 nitrogen and oxygen atoms in total. The summed E-state index contributed by atoms with van der Waals surface area (Å²) in [7, 11) is -4.57. The van der Waals surface area contributed by atoms with E-state index in [9.17, 15) is 14.4 Å². The van der Waals surface area contributed by atoms with Crippen LogP contribution in [0.3, 0.4) is 0 Å². The molecule has 1 aromatic carbocycles. The molecule has 0 saturated heterocycles. The summed E-state index contributed by atoms with van der Waals surface area (Å²) < 4.78 is 10.3. The van der Waals surface area contributed by atoms with E-state index in [0.717, 1.165) is 0 Å². The average Bonchev–Trinajstić information content (AvgIpc) is 1.88. The first kappa shape index (κ1) is 10.9. The van der Waals surface area contributed by atoms with Crippen LogP contribution in [0.5, 0.6) is 0 Å². The van der Waals surface area contributed by atoms with Crippen LogP contribution < -0.4 is 15.1 Å². The fraction of sp³-hybridized carbons (Fsp3) is 0. The Balaban J connectivity index is 0.000001000. The van der Waals surface area contributed by atoms with Crippen molar-refractivity contribution in [3.8, 4) is 0 Å². The third-order valence-electron chi connectivity index (χ3n) is 0.988. The fourth-order valence-corrected chi connectivity index (χ4v) is 1.06. The van der Waals surface area contributed by atoms with Crippen LogP contribution in [0.1, 0.15) is 0 Å². The third kappa shape index (κ3) is 3.19. The number of benzene rings is 1. The minimum atomic E-state index is -4.57. The monoisotopic (exact) mass is 211 g/mol. The molecule has 11 heavy (non-hydrogen) atoms. The molecule has 0 aromatic heterocycles. The molecule has 0 heterocycles. The van der Waals surface area contributed by atoms with E-state index >= 15 is 0 Å². The van der Waals surface area contributed by atoms with Crippen LogP contribution in [0.15, 0.2) is 24.3 Å². The molecule has 5 heteroatoms. The summed E-state index contributed by atoms with van der Waals surface area (Å²) in [6, 6.07) is 8.01. The molecule has 0 amide bonds. The van der Waals surface area contributed by atoms with Crippen molar-refractivity contribution in [1.29, 1.82) is 0 Å². The first-order chi connectivity index (χ1) is 4.61. The van der Waals surface area contributed by atoms with Crippen molar-refractivity contribution in [1.82, 2.24) is 0 Å². The van der Waals surface area contributed by atoms with Gasteiger partial charge < -0.3 is 14.4 Å². The van der Waals surface area contributed by atoms with Crippen LogP contribution in [0.25, 0.3) is 0 Å². The molecule has 0 aliphatic rings. The van der Waals surface area contributed by atoms with Crippen LogP contribution in [0, 0.1) is 6.07 Å². The molecule has 0 N–H and O–H groups in total. The van der Waals surface area contributed by atoms with Gasteiger partial charge in [0, 0.05) is 0 Å². The maximum absolute atomic E-state index is 10.3. The van der Waals surface area contributed by atoms with E-state index in [-0.39, 0.29) is 22.4 Å². The van der Waals surface area contributed by atoms with Gasteiger partial charge in [0.2, 0.25) is 0 Å². The van der Waals surface area contributed by atoms with Gasteiger partial charge in [-0.25, -0.2) is 0 Å².